The van der Waals surface area contributed by atoms with Crippen LogP contribution in [0.4, 0.5) is 4.79 Å². The molecule has 0 saturated heterocycles. The van der Waals surface area contributed by atoms with Crippen LogP contribution in [0.3, 0.4) is 0 Å². The van der Waals surface area contributed by atoms with Crippen molar-refractivity contribution in [1.82, 2.24) is 10.3 Å². The molecule has 0 spiro atoms. The van der Waals surface area contributed by atoms with E-state index in [-0.39, 0.29) is 0 Å². The van der Waals surface area contributed by atoms with Crippen LogP contribution in [0.15, 0.2) is 30.5 Å². The van der Waals surface area contributed by atoms with Crippen LogP contribution in [0, 0.1) is 0 Å². The van der Waals surface area contributed by atoms with Crippen LogP contribution in [0.5, 0.6) is 0 Å². The lowest BCUT2D eigenvalue weighted by Crippen LogP contribution is -2.33. The number of carbonyl (C=O) groups is 2. The van der Waals surface area contributed by atoms with E-state index in [0.29, 0.717) is 13.0 Å². The molecule has 1 amide bonds. The van der Waals surface area contributed by atoms with Crippen molar-refractivity contribution in [2.45, 2.75) is 70.8 Å². The van der Waals surface area contributed by atoms with Gasteiger partial charge in [0.2, 0.25) is 0 Å². The van der Waals surface area contributed by atoms with Gasteiger partial charge in [0.05, 0.1) is 5.41 Å². The number of carbonyl (C=O) groups excluding carboxylic acids is 1. The van der Waals surface area contributed by atoms with Crippen LogP contribution in [0.25, 0.3) is 10.9 Å². The van der Waals surface area contributed by atoms with Crippen LogP contribution < -0.4 is 5.32 Å². The summed E-state index contributed by atoms with van der Waals surface area (Å²) in [4.78, 5) is 26.8. The molecule has 3 N–H and O–H groups in total. The van der Waals surface area contributed by atoms with Gasteiger partial charge in [0.15, 0.2) is 0 Å². The number of fused-ring (bicyclic) bond motifs is 1. The van der Waals surface area contributed by atoms with Crippen molar-refractivity contribution in [3.63, 3.8) is 0 Å². The molecule has 154 valence electrons. The van der Waals surface area contributed by atoms with Gasteiger partial charge in [-0.3, -0.25) is 4.79 Å². The second-order valence-electron chi connectivity index (χ2n) is 8.48. The zero-order valence-electron chi connectivity index (χ0n) is 17.3. The van der Waals surface area contributed by atoms with Crippen molar-refractivity contribution in [1.29, 1.82) is 0 Å². The average molecular weight is 389 g/mol. The van der Waals surface area contributed by atoms with Gasteiger partial charge >= 0.3 is 12.1 Å². The number of aliphatic carboxylic acids is 1. The Morgan fingerprint density at radius 1 is 1.07 bits per heavy atom. The Kier molecular flexibility index (Phi) is 7.11. The van der Waals surface area contributed by atoms with E-state index in [0.717, 1.165) is 42.1 Å². The molecule has 0 radical (unpaired) electrons. The Morgan fingerprint density at radius 3 is 2.43 bits per heavy atom. The van der Waals surface area contributed by atoms with Gasteiger partial charge < -0.3 is 20.1 Å². The summed E-state index contributed by atoms with van der Waals surface area (Å²) in [6.45, 7) is 7.86. The number of aromatic nitrogens is 1. The van der Waals surface area contributed by atoms with E-state index in [4.69, 9.17) is 4.74 Å². The molecular weight excluding hydrogens is 356 g/mol. The van der Waals surface area contributed by atoms with Crippen LogP contribution in [0.2, 0.25) is 0 Å². The monoisotopic (exact) mass is 388 g/mol. The Hall–Kier alpha value is -2.50. The number of ether oxygens (including phenoxy) is 1. The third-order valence-electron chi connectivity index (χ3n) is 4.93. The summed E-state index contributed by atoms with van der Waals surface area (Å²) in [6, 6.07) is 7.79. The van der Waals surface area contributed by atoms with Crippen LogP contribution >= 0.6 is 0 Å². The van der Waals surface area contributed by atoms with Crippen LogP contribution in [-0.4, -0.2) is 34.3 Å². The molecule has 1 atom stereocenters. The molecule has 0 saturated carbocycles. The first-order chi connectivity index (χ1) is 13.1. The minimum Gasteiger partial charge on any atom is -0.481 e. The number of carboxylic acids is 1. The van der Waals surface area contributed by atoms with E-state index in [9.17, 15) is 14.7 Å². The summed E-state index contributed by atoms with van der Waals surface area (Å²) in [5, 5.41) is 13.6. The Bertz CT molecular complexity index is 806. The predicted octanol–water partition coefficient (Wildman–Crippen LogP) is 4.99. The van der Waals surface area contributed by atoms with Gasteiger partial charge in [0, 0.05) is 23.6 Å². The van der Waals surface area contributed by atoms with E-state index in [1.54, 1.807) is 6.92 Å². The standard InChI is InChI=1S/C22H32N2O4/c1-21(2,3)28-20(27)23-14-10-6-5-9-13-22(4,19(25)26)17-15-24-18-12-8-7-11-16(17)18/h7-8,11-12,15,24H,5-6,9-10,13-14H2,1-4H3,(H,23,27)(H,25,26). The lowest BCUT2D eigenvalue weighted by Gasteiger charge is -2.24. The molecule has 0 aliphatic rings. The summed E-state index contributed by atoms with van der Waals surface area (Å²) in [7, 11) is 0. The van der Waals surface area contributed by atoms with Crippen molar-refractivity contribution >= 4 is 23.0 Å². The van der Waals surface area contributed by atoms with Crippen molar-refractivity contribution in [3.8, 4) is 0 Å². The van der Waals surface area contributed by atoms with Gasteiger partial charge in [-0.1, -0.05) is 37.5 Å². The normalized spacial score (nSPS) is 13.9. The molecule has 0 aliphatic heterocycles. The number of amides is 1. The molecule has 1 unspecified atom stereocenters. The summed E-state index contributed by atoms with van der Waals surface area (Å²) in [5.41, 5.74) is 0.377. The number of nitrogens with one attached hydrogen (secondary N) is 2. The number of unbranched alkanes of at least 4 members (excludes halogenated alkanes) is 3. The number of hydrogen-bond acceptors (Lipinski definition) is 3. The smallest absolute Gasteiger partial charge is 0.407 e. The highest BCUT2D eigenvalue weighted by atomic mass is 16.6. The number of aromatic amines is 1. The minimum atomic E-state index is -0.922. The molecule has 0 fully saturated rings. The largest absolute Gasteiger partial charge is 0.481 e. The minimum absolute atomic E-state index is 0.398. The molecule has 2 rings (SSSR count). The molecular formula is C22H32N2O4. The lowest BCUT2D eigenvalue weighted by atomic mass is 9.78. The predicted molar refractivity (Wildman–Crippen MR) is 111 cm³/mol. The van der Waals surface area contributed by atoms with Crippen molar-refractivity contribution in [2.75, 3.05) is 6.54 Å². The third kappa shape index (κ3) is 5.75. The van der Waals surface area contributed by atoms with E-state index in [1.165, 1.54) is 0 Å². The highest BCUT2D eigenvalue weighted by Crippen LogP contribution is 2.35. The molecule has 0 bridgehead atoms. The zero-order valence-corrected chi connectivity index (χ0v) is 17.3. The number of benzene rings is 1. The highest BCUT2D eigenvalue weighted by molar-refractivity contribution is 5.91. The molecule has 1 heterocycles. The number of carboxylic acid groups (broad SMARTS) is 1. The Balaban J connectivity index is 1.80. The summed E-state index contributed by atoms with van der Waals surface area (Å²) < 4.78 is 5.19. The Morgan fingerprint density at radius 2 is 1.75 bits per heavy atom. The molecule has 2 aromatic rings. The Labute approximate surface area is 166 Å². The highest BCUT2D eigenvalue weighted by Gasteiger charge is 2.36. The number of rotatable bonds is 9. The first-order valence-corrected chi connectivity index (χ1v) is 9.90. The fourth-order valence-electron chi connectivity index (χ4n) is 3.35. The van der Waals surface area contributed by atoms with E-state index in [1.807, 2.05) is 51.2 Å². The molecule has 1 aromatic heterocycles. The number of para-hydroxylation sites is 1. The zero-order chi connectivity index (χ0) is 20.8. The first-order valence-electron chi connectivity index (χ1n) is 9.90. The molecule has 6 nitrogen and oxygen atoms in total. The van der Waals surface area contributed by atoms with Crippen molar-refractivity contribution in [3.05, 3.63) is 36.0 Å². The molecule has 6 heteroatoms. The van der Waals surface area contributed by atoms with Gasteiger partial charge in [-0.25, -0.2) is 4.79 Å². The molecule has 28 heavy (non-hydrogen) atoms. The van der Waals surface area contributed by atoms with Crippen LogP contribution in [0.1, 0.15) is 65.4 Å². The van der Waals surface area contributed by atoms with Gasteiger partial charge in [0.1, 0.15) is 5.60 Å². The summed E-state index contributed by atoms with van der Waals surface area (Å²) in [6.07, 6.45) is 5.50. The summed E-state index contributed by atoms with van der Waals surface area (Å²) >= 11 is 0. The van der Waals surface area contributed by atoms with E-state index in [2.05, 4.69) is 10.3 Å². The van der Waals surface area contributed by atoms with Crippen molar-refractivity contribution < 1.29 is 19.4 Å². The number of alkyl carbamates (subject to hydrolysis) is 1. The van der Waals surface area contributed by atoms with Gasteiger partial charge in [0.25, 0.3) is 0 Å². The summed E-state index contributed by atoms with van der Waals surface area (Å²) in [5.74, 6) is -0.802. The lowest BCUT2D eigenvalue weighted by molar-refractivity contribution is -0.143. The average Bonchev–Trinajstić information content (AvgIpc) is 3.03. The third-order valence-corrected chi connectivity index (χ3v) is 4.93. The maximum atomic E-state index is 12.0. The van der Waals surface area contributed by atoms with Gasteiger partial charge in [-0.05, 0) is 52.2 Å². The van der Waals surface area contributed by atoms with Crippen LogP contribution in [-0.2, 0) is 14.9 Å². The topological polar surface area (TPSA) is 91.4 Å². The number of H-pyrrole nitrogens is 1. The molecule has 0 aliphatic carbocycles. The van der Waals surface area contributed by atoms with Crippen molar-refractivity contribution in [2.24, 2.45) is 0 Å². The quantitative estimate of drug-likeness (QED) is 0.528. The maximum absolute atomic E-state index is 12.0. The maximum Gasteiger partial charge on any atom is 0.407 e. The first kappa shape index (κ1) is 21.8. The fourth-order valence-corrected chi connectivity index (χ4v) is 3.35. The van der Waals surface area contributed by atoms with Gasteiger partial charge in [-0.2, -0.15) is 0 Å². The molecule has 1 aromatic carbocycles. The van der Waals surface area contributed by atoms with Gasteiger partial charge in [-0.15, -0.1) is 0 Å². The fraction of sp³-hybridized carbons (Fsp3) is 0.545. The second-order valence-corrected chi connectivity index (χ2v) is 8.48. The van der Waals surface area contributed by atoms with E-state index < -0.39 is 23.1 Å². The van der Waals surface area contributed by atoms with E-state index >= 15 is 0 Å². The second kappa shape index (κ2) is 9.13. The SMILES string of the molecule is CC(C)(C)OC(=O)NCCCCCCC(C)(C(=O)O)c1c[nH]c2ccccc12. The number of hydrogen-bond donors (Lipinski definition) is 3.